The van der Waals surface area contributed by atoms with Crippen molar-refractivity contribution in [2.75, 3.05) is 23.9 Å². The average Bonchev–Trinajstić information content (AvgIpc) is 3.27. The van der Waals surface area contributed by atoms with E-state index in [9.17, 15) is 9.59 Å². The van der Waals surface area contributed by atoms with Gasteiger partial charge < -0.3 is 19.4 Å². The number of carbonyl (C=O) groups is 2. The first-order valence-corrected chi connectivity index (χ1v) is 8.44. The Morgan fingerprint density at radius 3 is 2.77 bits per heavy atom. The lowest BCUT2D eigenvalue weighted by Gasteiger charge is -2.20. The molecule has 0 radical (unpaired) electrons. The van der Waals surface area contributed by atoms with E-state index in [-0.39, 0.29) is 17.6 Å². The van der Waals surface area contributed by atoms with Crippen LogP contribution in [-0.2, 0) is 4.79 Å². The molecule has 3 aromatic rings. The van der Waals surface area contributed by atoms with Crippen LogP contribution in [0.1, 0.15) is 23.4 Å². The Balaban J connectivity index is 1.61. The van der Waals surface area contributed by atoms with Gasteiger partial charge in [-0.3, -0.25) is 9.59 Å². The number of benzene rings is 2. The molecule has 1 aliphatic rings. The van der Waals surface area contributed by atoms with Gasteiger partial charge in [-0.15, -0.1) is 0 Å². The second kappa shape index (κ2) is 6.55. The molecule has 0 saturated carbocycles. The molecule has 0 aliphatic carbocycles. The molecule has 2 aromatic carbocycles. The maximum Gasteiger partial charge on any atom is 0.291 e. The summed E-state index contributed by atoms with van der Waals surface area (Å²) in [6.07, 6.45) is 1.34. The lowest BCUT2D eigenvalue weighted by atomic mass is 10.2. The highest BCUT2D eigenvalue weighted by atomic mass is 16.5. The molecule has 0 bridgehead atoms. The van der Waals surface area contributed by atoms with E-state index in [1.807, 2.05) is 24.3 Å². The monoisotopic (exact) mass is 350 g/mol. The van der Waals surface area contributed by atoms with Crippen molar-refractivity contribution in [3.05, 3.63) is 54.3 Å². The summed E-state index contributed by atoms with van der Waals surface area (Å²) < 4.78 is 11.0. The molecule has 1 aliphatic heterocycles. The molecule has 6 heteroatoms. The highest BCUT2D eigenvalue weighted by molar-refractivity contribution is 6.05. The number of methoxy groups -OCH3 is 1. The van der Waals surface area contributed by atoms with Crippen molar-refractivity contribution in [1.82, 2.24) is 0 Å². The minimum Gasteiger partial charge on any atom is -0.495 e. The standard InChI is InChI=1S/C20H18N2O4/c1-25-17-9-8-14(12-15(17)22-10-4-7-19(22)23)21-20(24)18-11-13-5-2-3-6-16(13)26-18/h2-3,5-6,8-9,11-12H,4,7,10H2,1H3,(H,21,24). The predicted octanol–water partition coefficient (Wildman–Crippen LogP) is 3.82. The van der Waals surface area contributed by atoms with Crippen molar-refractivity contribution in [2.45, 2.75) is 12.8 Å². The number of carbonyl (C=O) groups excluding carboxylic acids is 2. The lowest BCUT2D eigenvalue weighted by molar-refractivity contribution is -0.117. The van der Waals surface area contributed by atoms with E-state index in [4.69, 9.17) is 9.15 Å². The number of fused-ring (bicyclic) bond motifs is 1. The highest BCUT2D eigenvalue weighted by Gasteiger charge is 2.25. The van der Waals surface area contributed by atoms with Gasteiger partial charge in [0.15, 0.2) is 5.76 Å². The molecule has 1 saturated heterocycles. The second-order valence-electron chi connectivity index (χ2n) is 6.14. The van der Waals surface area contributed by atoms with Crippen LogP contribution >= 0.6 is 0 Å². The van der Waals surface area contributed by atoms with Gasteiger partial charge in [0, 0.05) is 24.0 Å². The van der Waals surface area contributed by atoms with Gasteiger partial charge in [0.05, 0.1) is 12.8 Å². The number of anilines is 2. The van der Waals surface area contributed by atoms with E-state index in [0.717, 1.165) is 11.8 Å². The molecule has 2 heterocycles. The van der Waals surface area contributed by atoms with Crippen LogP contribution in [0.15, 0.2) is 52.9 Å². The third-order valence-corrected chi connectivity index (χ3v) is 4.45. The fourth-order valence-corrected chi connectivity index (χ4v) is 3.17. The van der Waals surface area contributed by atoms with E-state index in [1.54, 1.807) is 36.3 Å². The molecule has 4 rings (SSSR count). The number of amides is 2. The van der Waals surface area contributed by atoms with Gasteiger partial charge in [0.2, 0.25) is 5.91 Å². The second-order valence-corrected chi connectivity index (χ2v) is 6.14. The topological polar surface area (TPSA) is 71.8 Å². The molecule has 1 fully saturated rings. The summed E-state index contributed by atoms with van der Waals surface area (Å²) in [6.45, 7) is 0.649. The first kappa shape index (κ1) is 16.2. The van der Waals surface area contributed by atoms with Crippen molar-refractivity contribution in [1.29, 1.82) is 0 Å². The summed E-state index contributed by atoms with van der Waals surface area (Å²) in [7, 11) is 1.56. The normalized spacial score (nSPS) is 14.0. The fraction of sp³-hybridized carbons (Fsp3) is 0.200. The molecule has 2 amide bonds. The van der Waals surface area contributed by atoms with Crippen LogP contribution in [0.3, 0.4) is 0 Å². The van der Waals surface area contributed by atoms with Gasteiger partial charge in [0.25, 0.3) is 5.91 Å². The quantitative estimate of drug-likeness (QED) is 0.776. The van der Waals surface area contributed by atoms with Crippen LogP contribution in [0.2, 0.25) is 0 Å². The Labute approximate surface area is 150 Å². The first-order chi connectivity index (χ1) is 12.7. The van der Waals surface area contributed by atoms with Crippen LogP contribution in [0.25, 0.3) is 11.0 Å². The Hall–Kier alpha value is -3.28. The zero-order valence-corrected chi connectivity index (χ0v) is 14.3. The fourth-order valence-electron chi connectivity index (χ4n) is 3.17. The zero-order chi connectivity index (χ0) is 18.1. The first-order valence-electron chi connectivity index (χ1n) is 8.44. The van der Waals surface area contributed by atoms with Crippen molar-refractivity contribution in [2.24, 2.45) is 0 Å². The van der Waals surface area contributed by atoms with E-state index in [1.165, 1.54) is 0 Å². The lowest BCUT2D eigenvalue weighted by Crippen LogP contribution is -2.24. The zero-order valence-electron chi connectivity index (χ0n) is 14.3. The molecule has 132 valence electrons. The van der Waals surface area contributed by atoms with E-state index in [0.29, 0.717) is 35.7 Å². The van der Waals surface area contributed by atoms with Crippen molar-refractivity contribution >= 4 is 34.2 Å². The maximum atomic E-state index is 12.5. The SMILES string of the molecule is COc1ccc(NC(=O)c2cc3ccccc3o2)cc1N1CCCC1=O. The predicted molar refractivity (Wildman–Crippen MR) is 98.7 cm³/mol. The summed E-state index contributed by atoms with van der Waals surface area (Å²) in [4.78, 5) is 26.3. The van der Waals surface area contributed by atoms with Gasteiger partial charge in [-0.25, -0.2) is 0 Å². The summed E-state index contributed by atoms with van der Waals surface area (Å²) in [6, 6.07) is 14.4. The molecule has 0 atom stereocenters. The van der Waals surface area contributed by atoms with Crippen molar-refractivity contribution in [3.63, 3.8) is 0 Å². The number of furan rings is 1. The molecule has 1 N–H and O–H groups in total. The Bertz CT molecular complexity index is 959. The Morgan fingerprint density at radius 1 is 1.19 bits per heavy atom. The minimum absolute atomic E-state index is 0.0593. The summed E-state index contributed by atoms with van der Waals surface area (Å²) >= 11 is 0. The molecular weight excluding hydrogens is 332 g/mol. The number of nitrogens with zero attached hydrogens (tertiary/aromatic N) is 1. The average molecular weight is 350 g/mol. The number of hydrogen-bond acceptors (Lipinski definition) is 4. The number of ether oxygens (including phenoxy) is 1. The van der Waals surface area contributed by atoms with Gasteiger partial charge in [0.1, 0.15) is 11.3 Å². The van der Waals surface area contributed by atoms with Gasteiger partial charge in [-0.1, -0.05) is 18.2 Å². The summed E-state index contributed by atoms with van der Waals surface area (Å²) in [5.74, 6) is 0.553. The highest BCUT2D eigenvalue weighted by Crippen LogP contribution is 2.34. The van der Waals surface area contributed by atoms with Gasteiger partial charge >= 0.3 is 0 Å². The third-order valence-electron chi connectivity index (χ3n) is 4.45. The Morgan fingerprint density at radius 2 is 2.04 bits per heavy atom. The molecule has 6 nitrogen and oxygen atoms in total. The number of para-hydroxylation sites is 1. The van der Waals surface area contributed by atoms with Gasteiger partial charge in [-0.2, -0.15) is 0 Å². The van der Waals surface area contributed by atoms with Crippen LogP contribution in [0, 0.1) is 0 Å². The summed E-state index contributed by atoms with van der Waals surface area (Å²) in [5.41, 5.74) is 1.90. The van der Waals surface area contributed by atoms with E-state index >= 15 is 0 Å². The van der Waals surface area contributed by atoms with Crippen molar-refractivity contribution in [3.8, 4) is 5.75 Å². The minimum atomic E-state index is -0.343. The van der Waals surface area contributed by atoms with E-state index < -0.39 is 0 Å². The summed E-state index contributed by atoms with van der Waals surface area (Å²) in [5, 5.41) is 3.69. The number of hydrogen-bond donors (Lipinski definition) is 1. The smallest absolute Gasteiger partial charge is 0.291 e. The maximum absolute atomic E-state index is 12.5. The number of nitrogens with one attached hydrogen (secondary N) is 1. The van der Waals surface area contributed by atoms with Gasteiger partial charge in [-0.05, 0) is 36.8 Å². The Kier molecular flexibility index (Phi) is 4.08. The van der Waals surface area contributed by atoms with Crippen LogP contribution in [0.4, 0.5) is 11.4 Å². The molecular formula is C20H18N2O4. The molecule has 0 spiro atoms. The van der Waals surface area contributed by atoms with Crippen LogP contribution < -0.4 is 15.0 Å². The molecule has 0 unspecified atom stereocenters. The molecule has 26 heavy (non-hydrogen) atoms. The van der Waals surface area contributed by atoms with Crippen molar-refractivity contribution < 1.29 is 18.7 Å². The number of rotatable bonds is 4. The van der Waals surface area contributed by atoms with E-state index in [2.05, 4.69) is 5.32 Å². The largest absolute Gasteiger partial charge is 0.495 e. The third kappa shape index (κ3) is 2.90. The molecule has 1 aromatic heterocycles. The van der Waals surface area contributed by atoms with Crippen LogP contribution in [0.5, 0.6) is 5.75 Å². The van der Waals surface area contributed by atoms with Crippen LogP contribution in [-0.4, -0.2) is 25.5 Å².